The first-order valence-electron chi connectivity index (χ1n) is 50.8. The van der Waals surface area contributed by atoms with Crippen LogP contribution >= 0.6 is 0 Å². The van der Waals surface area contributed by atoms with E-state index in [0.717, 1.165) is 27.5 Å². The molecule has 2 aliphatic rings. The Hall–Kier alpha value is -17.9. The molecule has 1 heteroatoms. The molecule has 26 aromatic carbocycles. The third-order valence-electron chi connectivity index (χ3n) is 31.7. The van der Waals surface area contributed by atoms with Gasteiger partial charge in [0.15, 0.2) is 0 Å². The van der Waals surface area contributed by atoms with Crippen molar-refractivity contribution < 1.29 is 4.42 Å². The Labute approximate surface area is 844 Å². The minimum atomic E-state index is -0.0825. The molecule has 1 aromatic heterocycles. The van der Waals surface area contributed by atoms with Gasteiger partial charge in [-0.2, -0.15) is 0 Å². The highest BCUT2D eigenvalue weighted by atomic mass is 16.3. The Kier molecular flexibility index (Phi) is 20.5. The molecule has 0 unspecified atom stereocenters. The Bertz CT molecular complexity index is 9980. The fourth-order valence-electron chi connectivity index (χ4n) is 24.9. The molecule has 0 bridgehead atoms. The van der Waals surface area contributed by atoms with Gasteiger partial charge in [0.25, 0.3) is 0 Å². The van der Waals surface area contributed by atoms with Crippen LogP contribution in [0.3, 0.4) is 0 Å². The summed E-state index contributed by atoms with van der Waals surface area (Å²) in [5.74, 6) is 0. The highest BCUT2D eigenvalue weighted by Gasteiger charge is 2.40. The van der Waals surface area contributed by atoms with Crippen molar-refractivity contribution >= 4 is 130 Å². The summed E-state index contributed by atoms with van der Waals surface area (Å²) in [4.78, 5) is 0. The zero-order valence-electron chi connectivity index (χ0n) is 81.8. The summed E-state index contributed by atoms with van der Waals surface area (Å²) < 4.78 is 6.54. The van der Waals surface area contributed by atoms with E-state index < -0.39 is 0 Å². The second-order valence-electron chi connectivity index (χ2n) is 40.7. The highest BCUT2D eigenvalue weighted by Crippen LogP contribution is 2.59. The molecule has 0 saturated heterocycles. The molecule has 682 valence electrons. The van der Waals surface area contributed by atoms with E-state index in [0.29, 0.717) is 0 Å². The van der Waals surface area contributed by atoms with Gasteiger partial charge in [-0.3, -0.25) is 0 Å². The topological polar surface area (TPSA) is 13.1 Å². The number of para-hydroxylation sites is 2. The first-order chi connectivity index (χ1) is 71.3. The van der Waals surface area contributed by atoms with Crippen molar-refractivity contribution in [1.82, 2.24) is 0 Å². The van der Waals surface area contributed by atoms with Crippen molar-refractivity contribution in [3.63, 3.8) is 0 Å². The van der Waals surface area contributed by atoms with Gasteiger partial charge in [0.2, 0.25) is 0 Å². The standard InChI is InChI=1S/C55H38.C50H36.C39H26O/c1-55(2)50-25-13-12-23-46(50)54-47(24-14-26-51(54)55)53-44-22-11-10-21-43(44)52(45-32-31-38(33-49(45)53)35-15-4-3-5-16-35)37-29-27-36(28-30-37)48-34-39-17-6-7-18-40(39)41-19-8-9-20-42(41)48;1-31-23-28-40-44(29-31)48(42-20-12-22-46-49(42)41-19-10-11-21-45(41)50(46,2)3)39-18-9-8-17-38(39)47(40)33-26-24-32(25-27-33)43-30-34-13-4-5-14-35(34)36-15-6-7-16-37(36)43;1-25-18-23-32-35(24-25)38(34-16-9-15-33-29-12-7-8-17-36(29)40-39(33)34)31-14-6-5-13-30(31)37(32)28-21-19-27(20-22-28)26-10-3-2-4-11-26/h3-34H,1-2H3;4-30H,1-3H3;2-24H,1H3. The molecule has 29 rings (SSSR count). The SMILES string of the molecule is CC1(C)c2ccccc2-c2c(-c3c4ccccc4c(-c4ccc(-c5cc6ccccc6c6ccccc56)cc4)c4ccc(-c5ccccc5)cc34)cccc21.Cc1ccc2c(-c3ccc(-c4cc5ccccc5c5ccccc45)cc3)c3ccccc3c(-c3cccc4c3-c3ccccc3C4(C)C)c2c1.Cc1ccc2c(-c3ccc(-c4ccccc4)cc3)c3ccccc3c(-c3cccc4c3oc3ccccc34)c2c1. The average Bonchev–Trinajstić information content (AvgIpc) is 1.62. The molecule has 0 saturated carbocycles. The Morgan fingerprint density at radius 2 is 0.428 bits per heavy atom. The molecule has 1 nitrogen and oxygen atoms in total. The third-order valence-corrected chi connectivity index (χ3v) is 31.7. The molecule has 27 aromatic rings. The fourth-order valence-corrected chi connectivity index (χ4v) is 24.9. The minimum Gasteiger partial charge on any atom is -0.455 e. The van der Waals surface area contributed by atoms with Gasteiger partial charge in [0.05, 0.1) is 0 Å². The van der Waals surface area contributed by atoms with E-state index in [2.05, 4.69) is 533 Å². The van der Waals surface area contributed by atoms with Gasteiger partial charge in [-0.1, -0.05) is 512 Å². The number of aryl methyl sites for hydroxylation is 2. The maximum Gasteiger partial charge on any atom is 0.143 e. The van der Waals surface area contributed by atoms with Crippen molar-refractivity contribution in [2.45, 2.75) is 52.4 Å². The maximum absolute atomic E-state index is 6.54. The molecular formula is C144H100O. The van der Waals surface area contributed by atoms with Crippen molar-refractivity contribution in [1.29, 1.82) is 0 Å². The van der Waals surface area contributed by atoms with Crippen LogP contribution in [0.25, 0.3) is 263 Å². The van der Waals surface area contributed by atoms with Crippen LogP contribution in [0.2, 0.25) is 0 Å². The van der Waals surface area contributed by atoms with E-state index >= 15 is 0 Å². The van der Waals surface area contributed by atoms with E-state index in [1.165, 1.54) is 269 Å². The van der Waals surface area contributed by atoms with Gasteiger partial charge in [-0.15, -0.1) is 0 Å². The van der Waals surface area contributed by atoms with Gasteiger partial charge in [-0.05, 0) is 290 Å². The Balaban J connectivity index is 0.000000109. The van der Waals surface area contributed by atoms with Crippen LogP contribution in [-0.2, 0) is 10.8 Å². The molecule has 0 spiro atoms. The zero-order valence-corrected chi connectivity index (χ0v) is 81.8. The van der Waals surface area contributed by atoms with Gasteiger partial charge < -0.3 is 4.42 Å². The molecule has 145 heavy (non-hydrogen) atoms. The number of rotatable bonds is 10. The number of hydrogen-bond acceptors (Lipinski definition) is 1. The average molecular weight is 1850 g/mol. The molecular weight excluding hydrogens is 1750 g/mol. The smallest absolute Gasteiger partial charge is 0.143 e. The number of hydrogen-bond donors (Lipinski definition) is 0. The molecule has 0 fully saturated rings. The monoisotopic (exact) mass is 1840 g/mol. The Morgan fingerprint density at radius 3 is 0.876 bits per heavy atom. The Morgan fingerprint density at radius 1 is 0.145 bits per heavy atom. The van der Waals surface area contributed by atoms with Crippen LogP contribution in [0.15, 0.2) is 502 Å². The van der Waals surface area contributed by atoms with Crippen LogP contribution in [0.1, 0.15) is 61.1 Å². The molecule has 0 atom stereocenters. The first kappa shape index (κ1) is 86.2. The van der Waals surface area contributed by atoms with Gasteiger partial charge in [0.1, 0.15) is 11.2 Å². The second-order valence-corrected chi connectivity index (χ2v) is 40.7. The first-order valence-corrected chi connectivity index (χ1v) is 50.8. The van der Waals surface area contributed by atoms with E-state index in [9.17, 15) is 0 Å². The van der Waals surface area contributed by atoms with Crippen molar-refractivity contribution in [2.75, 3.05) is 0 Å². The molecule has 0 aliphatic heterocycles. The maximum atomic E-state index is 6.54. The van der Waals surface area contributed by atoms with Gasteiger partial charge in [-0.25, -0.2) is 0 Å². The number of benzene rings is 26. The summed E-state index contributed by atoms with van der Waals surface area (Å²) in [6.07, 6.45) is 0. The second kappa shape index (κ2) is 34.5. The lowest BCUT2D eigenvalue weighted by molar-refractivity contribution is 0.660. The van der Waals surface area contributed by atoms with Crippen molar-refractivity contribution in [2.24, 2.45) is 0 Å². The predicted octanol–water partition coefficient (Wildman–Crippen LogP) is 40.4. The molecule has 2 aliphatic carbocycles. The number of furan rings is 1. The summed E-state index contributed by atoms with van der Waals surface area (Å²) >= 11 is 0. The van der Waals surface area contributed by atoms with E-state index in [1.807, 2.05) is 6.07 Å². The lowest BCUT2D eigenvalue weighted by atomic mass is 9.80. The molecule has 0 N–H and O–H groups in total. The molecule has 1 heterocycles. The minimum absolute atomic E-state index is 0.0541. The van der Waals surface area contributed by atoms with Crippen molar-refractivity contribution in [3.05, 3.63) is 531 Å². The fraction of sp³-hybridized carbons (Fsp3) is 0.0556. The lowest BCUT2D eigenvalue weighted by Gasteiger charge is -2.23. The van der Waals surface area contributed by atoms with Crippen LogP contribution in [-0.4, -0.2) is 0 Å². The van der Waals surface area contributed by atoms with Gasteiger partial charge in [0, 0.05) is 32.7 Å². The van der Waals surface area contributed by atoms with E-state index in [4.69, 9.17) is 4.42 Å². The normalized spacial score (nSPS) is 12.7. The number of fused-ring (bicyclic) bond motifs is 21. The predicted molar refractivity (Wildman–Crippen MR) is 621 cm³/mol. The van der Waals surface area contributed by atoms with Crippen LogP contribution in [0, 0.1) is 13.8 Å². The largest absolute Gasteiger partial charge is 0.455 e. The summed E-state index contributed by atoms with van der Waals surface area (Å²) in [6, 6.07) is 183. The highest BCUT2D eigenvalue weighted by molar-refractivity contribution is 6.28. The van der Waals surface area contributed by atoms with E-state index in [-0.39, 0.29) is 10.8 Å². The summed E-state index contributed by atoms with van der Waals surface area (Å²) in [5.41, 5.74) is 40.3. The van der Waals surface area contributed by atoms with Crippen LogP contribution in [0.5, 0.6) is 0 Å². The van der Waals surface area contributed by atoms with Gasteiger partial charge >= 0.3 is 0 Å². The summed E-state index contributed by atoms with van der Waals surface area (Å²) in [7, 11) is 0. The summed E-state index contributed by atoms with van der Waals surface area (Å²) in [6.45, 7) is 13.9. The lowest BCUT2D eigenvalue weighted by Crippen LogP contribution is -2.14. The molecule has 0 radical (unpaired) electrons. The molecule has 0 amide bonds. The van der Waals surface area contributed by atoms with E-state index in [1.54, 1.807) is 0 Å². The third kappa shape index (κ3) is 14.1. The summed E-state index contributed by atoms with van der Waals surface area (Å²) in [5, 5.41) is 27.8. The van der Waals surface area contributed by atoms with Crippen molar-refractivity contribution in [3.8, 4) is 134 Å². The van der Waals surface area contributed by atoms with Crippen LogP contribution < -0.4 is 0 Å². The zero-order chi connectivity index (χ0) is 96.9. The van der Waals surface area contributed by atoms with Crippen LogP contribution in [0.4, 0.5) is 0 Å². The quantitative estimate of drug-likeness (QED) is 0.0982.